The van der Waals surface area contributed by atoms with E-state index in [1.54, 1.807) is 32.9 Å². The molecule has 2 rings (SSSR count). The first-order chi connectivity index (χ1) is 10.4. The zero-order chi connectivity index (χ0) is 16.2. The van der Waals surface area contributed by atoms with E-state index >= 15 is 0 Å². The maximum absolute atomic E-state index is 12.2. The molecule has 0 saturated heterocycles. The normalized spacial score (nSPS) is 11.3. The van der Waals surface area contributed by atoms with E-state index in [0.29, 0.717) is 5.56 Å². The molecule has 0 aliphatic carbocycles. The second kappa shape index (κ2) is 6.73. The van der Waals surface area contributed by atoms with Crippen molar-refractivity contribution in [2.75, 3.05) is 0 Å². The van der Waals surface area contributed by atoms with Crippen LogP contribution in [0.25, 0.3) is 11.1 Å². The van der Waals surface area contributed by atoms with Gasteiger partial charge in [0.15, 0.2) is 0 Å². The molecule has 0 aliphatic rings. The first-order valence-corrected chi connectivity index (χ1v) is 7.09. The van der Waals surface area contributed by atoms with Gasteiger partial charge in [-0.15, -0.1) is 0 Å². The van der Waals surface area contributed by atoms with Crippen LogP contribution in [0.2, 0.25) is 0 Å². The third kappa shape index (κ3) is 4.41. The topological polar surface area (TPSA) is 44.8 Å². The van der Waals surface area contributed by atoms with E-state index in [1.807, 2.05) is 43.3 Å². The summed E-state index contributed by atoms with van der Waals surface area (Å²) in [6.45, 7) is 7.38. The molecule has 0 aromatic heterocycles. The summed E-state index contributed by atoms with van der Waals surface area (Å²) < 4.78 is 0. The van der Waals surface area contributed by atoms with Crippen LogP contribution in [0.5, 0.6) is 0 Å². The van der Waals surface area contributed by atoms with Crippen molar-refractivity contribution in [2.24, 2.45) is 0 Å². The zero-order valence-corrected chi connectivity index (χ0v) is 13.3. The van der Waals surface area contributed by atoms with Crippen molar-refractivity contribution in [2.45, 2.75) is 33.3 Å². The minimum absolute atomic E-state index is 0.422. The first-order valence-electron chi connectivity index (χ1n) is 7.09. The van der Waals surface area contributed by atoms with Gasteiger partial charge in [-0.1, -0.05) is 48.0 Å². The van der Waals surface area contributed by atoms with Crippen LogP contribution in [-0.2, 0) is 14.8 Å². The number of benzene rings is 2. The molecule has 0 amide bonds. The third-order valence-corrected chi connectivity index (χ3v) is 2.87. The molecule has 0 radical (unpaired) electrons. The van der Waals surface area contributed by atoms with Gasteiger partial charge in [0.25, 0.3) is 0 Å². The molecular formula is C18H20O4. The molecule has 2 aromatic rings. The lowest BCUT2D eigenvalue weighted by Gasteiger charge is -2.15. The maximum Gasteiger partial charge on any atom is 0.377 e. The summed E-state index contributed by atoms with van der Waals surface area (Å²) in [7, 11) is 0. The minimum Gasteiger partial charge on any atom is -0.263 e. The summed E-state index contributed by atoms with van der Waals surface area (Å²) in [6.07, 6.45) is 0. The van der Waals surface area contributed by atoms with Crippen LogP contribution in [0, 0.1) is 6.92 Å². The first kappa shape index (κ1) is 16.2. The highest BCUT2D eigenvalue weighted by Crippen LogP contribution is 2.25. The Morgan fingerprint density at radius 2 is 1.73 bits per heavy atom. The smallest absolute Gasteiger partial charge is 0.263 e. The van der Waals surface area contributed by atoms with Gasteiger partial charge in [-0.2, -0.15) is 4.89 Å². The van der Waals surface area contributed by atoms with Crippen LogP contribution in [0.1, 0.15) is 36.7 Å². The zero-order valence-electron chi connectivity index (χ0n) is 13.3. The van der Waals surface area contributed by atoms with Crippen molar-refractivity contribution in [3.8, 4) is 11.1 Å². The van der Waals surface area contributed by atoms with Crippen molar-refractivity contribution in [3.05, 3.63) is 59.7 Å². The summed E-state index contributed by atoms with van der Waals surface area (Å²) in [4.78, 5) is 21.9. The van der Waals surface area contributed by atoms with Crippen molar-refractivity contribution in [1.82, 2.24) is 0 Å². The summed E-state index contributed by atoms with van der Waals surface area (Å²) in [5.41, 5.74) is 2.72. The standard InChI is InChI=1S/C18H20O4/c1-13-8-7-9-14(12-13)15-10-5-6-11-16(15)17(19)20-22-21-18(2,3)4/h5-12H,1-4H3. The second-order valence-electron chi connectivity index (χ2n) is 6.05. The van der Waals surface area contributed by atoms with Gasteiger partial charge in [-0.3, -0.25) is 4.89 Å². The summed E-state index contributed by atoms with van der Waals surface area (Å²) in [6, 6.07) is 15.1. The molecule has 0 unspecified atom stereocenters. The van der Waals surface area contributed by atoms with E-state index in [2.05, 4.69) is 5.04 Å². The van der Waals surface area contributed by atoms with E-state index < -0.39 is 11.6 Å². The largest absolute Gasteiger partial charge is 0.377 e. The molecule has 0 spiro atoms. The lowest BCUT2D eigenvalue weighted by atomic mass is 9.98. The number of hydrogen-bond donors (Lipinski definition) is 0. The van der Waals surface area contributed by atoms with E-state index in [0.717, 1.165) is 16.7 Å². The van der Waals surface area contributed by atoms with Gasteiger partial charge in [-0.25, -0.2) is 4.79 Å². The van der Waals surface area contributed by atoms with Crippen molar-refractivity contribution in [1.29, 1.82) is 0 Å². The maximum atomic E-state index is 12.2. The fraction of sp³-hybridized carbons (Fsp3) is 0.278. The van der Waals surface area contributed by atoms with Crippen molar-refractivity contribution < 1.29 is 19.6 Å². The number of hydrogen-bond acceptors (Lipinski definition) is 4. The molecule has 2 aromatic carbocycles. The van der Waals surface area contributed by atoms with Gasteiger partial charge in [0, 0.05) is 0 Å². The number of rotatable bonds is 4. The molecule has 116 valence electrons. The van der Waals surface area contributed by atoms with Gasteiger partial charge in [-0.05, 0) is 49.9 Å². The van der Waals surface area contributed by atoms with Gasteiger partial charge in [0.1, 0.15) is 0 Å². The van der Waals surface area contributed by atoms with Crippen LogP contribution < -0.4 is 0 Å². The number of carbonyl (C=O) groups is 1. The molecule has 4 heteroatoms. The van der Waals surface area contributed by atoms with Gasteiger partial charge >= 0.3 is 5.97 Å². The highest BCUT2D eigenvalue weighted by atomic mass is 17.5. The predicted molar refractivity (Wildman–Crippen MR) is 84.0 cm³/mol. The van der Waals surface area contributed by atoms with E-state index in [4.69, 9.17) is 9.78 Å². The Morgan fingerprint density at radius 1 is 1.00 bits per heavy atom. The molecule has 0 N–H and O–H groups in total. The van der Waals surface area contributed by atoms with Crippen molar-refractivity contribution >= 4 is 5.97 Å². The average Bonchev–Trinajstić information content (AvgIpc) is 2.46. The van der Waals surface area contributed by atoms with E-state index in [1.165, 1.54) is 0 Å². The lowest BCUT2D eigenvalue weighted by Crippen LogP contribution is -2.21. The molecular weight excluding hydrogens is 280 g/mol. The molecule has 0 aliphatic heterocycles. The molecule has 0 atom stereocenters. The summed E-state index contributed by atoms with van der Waals surface area (Å²) in [5.74, 6) is -0.596. The highest BCUT2D eigenvalue weighted by molar-refractivity contribution is 5.97. The number of carbonyl (C=O) groups excluding carboxylic acids is 1. The van der Waals surface area contributed by atoms with Gasteiger partial charge in [0.2, 0.25) is 0 Å². The number of aryl methyl sites for hydroxylation is 1. The second-order valence-corrected chi connectivity index (χ2v) is 6.05. The van der Waals surface area contributed by atoms with Gasteiger partial charge in [0.05, 0.1) is 11.2 Å². The Bertz CT molecular complexity index is 656. The van der Waals surface area contributed by atoms with Crippen LogP contribution in [0.3, 0.4) is 0 Å². The Morgan fingerprint density at radius 3 is 2.41 bits per heavy atom. The Balaban J connectivity index is 2.20. The summed E-state index contributed by atoms with van der Waals surface area (Å²) in [5, 5.41) is 4.58. The Hall–Kier alpha value is -2.17. The van der Waals surface area contributed by atoms with Gasteiger partial charge < -0.3 is 0 Å². The summed E-state index contributed by atoms with van der Waals surface area (Å²) >= 11 is 0. The quantitative estimate of drug-likeness (QED) is 0.617. The fourth-order valence-electron chi connectivity index (χ4n) is 1.92. The lowest BCUT2D eigenvalue weighted by molar-refractivity contribution is -0.510. The molecule has 0 fully saturated rings. The highest BCUT2D eigenvalue weighted by Gasteiger charge is 2.18. The van der Waals surface area contributed by atoms with E-state index in [9.17, 15) is 4.79 Å². The van der Waals surface area contributed by atoms with E-state index in [-0.39, 0.29) is 0 Å². The Kier molecular flexibility index (Phi) is 4.96. The Labute approximate surface area is 130 Å². The fourth-order valence-corrected chi connectivity index (χ4v) is 1.92. The SMILES string of the molecule is Cc1cccc(-c2ccccc2C(=O)OOOC(C)(C)C)c1. The molecule has 4 nitrogen and oxygen atoms in total. The van der Waals surface area contributed by atoms with Crippen LogP contribution in [0.15, 0.2) is 48.5 Å². The predicted octanol–water partition coefficient (Wildman–Crippen LogP) is 4.48. The van der Waals surface area contributed by atoms with Crippen LogP contribution in [-0.4, -0.2) is 11.6 Å². The molecule has 0 bridgehead atoms. The van der Waals surface area contributed by atoms with Crippen LogP contribution in [0.4, 0.5) is 0 Å². The molecule has 0 heterocycles. The monoisotopic (exact) mass is 300 g/mol. The average molecular weight is 300 g/mol. The molecule has 22 heavy (non-hydrogen) atoms. The van der Waals surface area contributed by atoms with Crippen molar-refractivity contribution in [3.63, 3.8) is 0 Å². The molecule has 0 saturated carbocycles. The minimum atomic E-state index is -0.596. The van der Waals surface area contributed by atoms with Crippen LogP contribution >= 0.6 is 0 Å². The third-order valence-electron chi connectivity index (χ3n) is 2.87.